The van der Waals surface area contributed by atoms with Gasteiger partial charge >= 0.3 is 0 Å². The van der Waals surface area contributed by atoms with Gasteiger partial charge in [-0.3, -0.25) is 0 Å². The number of hydrogen-bond acceptors (Lipinski definition) is 2. The van der Waals surface area contributed by atoms with Crippen molar-refractivity contribution in [1.29, 1.82) is 0 Å². The molecule has 0 fully saturated rings. The molecule has 0 atom stereocenters. The van der Waals surface area contributed by atoms with Gasteiger partial charge in [-0.05, 0) is 47.0 Å². The molecular formula is C18H18S2. The van der Waals surface area contributed by atoms with E-state index >= 15 is 0 Å². The number of thiophene rings is 2. The van der Waals surface area contributed by atoms with Crippen molar-refractivity contribution < 1.29 is 0 Å². The van der Waals surface area contributed by atoms with Crippen LogP contribution in [-0.2, 0) is 6.42 Å². The smallest absolute Gasteiger partial charge is 0.0345 e. The topological polar surface area (TPSA) is 0 Å². The normalized spacial score (nSPS) is 11.2. The van der Waals surface area contributed by atoms with Gasteiger partial charge in [0, 0.05) is 14.6 Å². The van der Waals surface area contributed by atoms with Gasteiger partial charge in [-0.2, -0.15) is 0 Å². The van der Waals surface area contributed by atoms with Crippen molar-refractivity contribution in [1.82, 2.24) is 0 Å². The molecule has 102 valence electrons. The van der Waals surface area contributed by atoms with Crippen LogP contribution >= 0.6 is 22.7 Å². The zero-order valence-electron chi connectivity index (χ0n) is 11.8. The third-order valence-electron chi connectivity index (χ3n) is 3.25. The fraction of sp³-hybridized carbons (Fsp3) is 0.222. The zero-order chi connectivity index (χ0) is 13.9. The summed E-state index contributed by atoms with van der Waals surface area (Å²) in [5.74, 6) is 0.725. The van der Waals surface area contributed by atoms with E-state index in [-0.39, 0.29) is 0 Å². The molecule has 0 aliphatic heterocycles. The van der Waals surface area contributed by atoms with Gasteiger partial charge in [0.2, 0.25) is 0 Å². The molecule has 3 rings (SSSR count). The van der Waals surface area contributed by atoms with Gasteiger partial charge < -0.3 is 0 Å². The molecule has 2 aromatic heterocycles. The Morgan fingerprint density at radius 1 is 0.850 bits per heavy atom. The summed E-state index contributed by atoms with van der Waals surface area (Å²) in [6.45, 7) is 4.55. The lowest BCUT2D eigenvalue weighted by Crippen LogP contribution is -1.89. The van der Waals surface area contributed by atoms with Crippen LogP contribution in [0.4, 0.5) is 0 Å². The highest BCUT2D eigenvalue weighted by atomic mass is 32.1. The third-order valence-corrected chi connectivity index (χ3v) is 5.32. The van der Waals surface area contributed by atoms with E-state index < -0.39 is 0 Å². The molecule has 0 saturated heterocycles. The lowest BCUT2D eigenvalue weighted by molar-refractivity contribution is 0.654. The van der Waals surface area contributed by atoms with E-state index in [1.54, 1.807) is 11.3 Å². The summed E-state index contributed by atoms with van der Waals surface area (Å²) in [6.07, 6.45) is 1.18. The van der Waals surface area contributed by atoms with Gasteiger partial charge in [0.15, 0.2) is 0 Å². The molecule has 0 saturated carbocycles. The fourth-order valence-corrected chi connectivity index (χ4v) is 4.24. The van der Waals surface area contributed by atoms with Crippen LogP contribution in [0.1, 0.15) is 18.7 Å². The molecule has 2 heterocycles. The number of benzene rings is 1. The van der Waals surface area contributed by atoms with Crippen LogP contribution in [0.15, 0.2) is 53.9 Å². The van der Waals surface area contributed by atoms with Gasteiger partial charge in [-0.1, -0.05) is 44.2 Å². The van der Waals surface area contributed by atoms with E-state index in [9.17, 15) is 0 Å². The molecule has 0 aliphatic carbocycles. The molecule has 0 amide bonds. The van der Waals surface area contributed by atoms with Crippen molar-refractivity contribution in [3.05, 3.63) is 58.8 Å². The summed E-state index contributed by atoms with van der Waals surface area (Å²) in [5, 5.41) is 2.13. The van der Waals surface area contributed by atoms with Crippen molar-refractivity contribution in [2.45, 2.75) is 20.3 Å². The predicted octanol–water partition coefficient (Wildman–Crippen LogP) is 6.34. The summed E-state index contributed by atoms with van der Waals surface area (Å²) >= 11 is 3.71. The molecule has 20 heavy (non-hydrogen) atoms. The second kappa shape index (κ2) is 5.94. The van der Waals surface area contributed by atoms with Gasteiger partial charge in [-0.25, -0.2) is 0 Å². The Bertz CT molecular complexity index is 658. The lowest BCUT2D eigenvalue weighted by Gasteiger charge is -2.02. The average Bonchev–Trinajstić information content (AvgIpc) is 3.09. The Labute approximate surface area is 128 Å². The highest BCUT2D eigenvalue weighted by Crippen LogP contribution is 2.32. The standard InChI is InChI=1S/C18H18S2/c1-13(2)12-16-9-10-18(20-16)15-7-5-14(6-8-15)17-4-3-11-19-17/h3-11,13H,12H2,1-2H3. The molecule has 0 N–H and O–H groups in total. The maximum absolute atomic E-state index is 2.27. The predicted molar refractivity (Wildman–Crippen MR) is 91.6 cm³/mol. The van der Waals surface area contributed by atoms with Crippen molar-refractivity contribution in [3.8, 4) is 20.9 Å². The largest absolute Gasteiger partial charge is 0.144 e. The van der Waals surface area contributed by atoms with Crippen molar-refractivity contribution in [2.75, 3.05) is 0 Å². The molecule has 0 unspecified atom stereocenters. The van der Waals surface area contributed by atoms with Crippen LogP contribution in [0.3, 0.4) is 0 Å². The van der Waals surface area contributed by atoms with Crippen LogP contribution in [0.2, 0.25) is 0 Å². The molecular weight excluding hydrogens is 280 g/mol. The van der Waals surface area contributed by atoms with E-state index in [4.69, 9.17) is 0 Å². The molecule has 1 aromatic carbocycles. The van der Waals surface area contributed by atoms with Crippen LogP contribution < -0.4 is 0 Å². The molecule has 0 radical (unpaired) electrons. The van der Waals surface area contributed by atoms with E-state index in [2.05, 4.69) is 67.8 Å². The number of rotatable bonds is 4. The first-order valence-corrected chi connectivity index (χ1v) is 8.65. The summed E-state index contributed by atoms with van der Waals surface area (Å²) in [6, 6.07) is 17.7. The highest BCUT2D eigenvalue weighted by molar-refractivity contribution is 7.15. The molecule has 0 aliphatic rings. The van der Waals surface area contributed by atoms with Crippen molar-refractivity contribution in [3.63, 3.8) is 0 Å². The summed E-state index contributed by atoms with van der Waals surface area (Å²) in [7, 11) is 0. The molecule has 0 nitrogen and oxygen atoms in total. The Hall–Kier alpha value is -1.38. The highest BCUT2D eigenvalue weighted by Gasteiger charge is 2.05. The second-order valence-corrected chi connectivity index (χ2v) is 7.53. The maximum atomic E-state index is 2.27. The van der Waals surface area contributed by atoms with E-state index in [1.807, 2.05) is 11.3 Å². The Morgan fingerprint density at radius 3 is 2.15 bits per heavy atom. The Balaban J connectivity index is 1.82. The van der Waals surface area contributed by atoms with Crippen LogP contribution in [0.5, 0.6) is 0 Å². The maximum Gasteiger partial charge on any atom is 0.0345 e. The van der Waals surface area contributed by atoms with Gasteiger partial charge in [-0.15, -0.1) is 22.7 Å². The minimum atomic E-state index is 0.725. The Kier molecular flexibility index (Phi) is 4.04. The first-order chi connectivity index (χ1) is 9.72. The first-order valence-electron chi connectivity index (χ1n) is 6.95. The monoisotopic (exact) mass is 298 g/mol. The third kappa shape index (κ3) is 3.02. The fourth-order valence-electron chi connectivity index (χ4n) is 2.29. The SMILES string of the molecule is CC(C)Cc1ccc(-c2ccc(-c3cccs3)cc2)s1. The molecule has 3 aromatic rings. The van der Waals surface area contributed by atoms with Gasteiger partial charge in [0.1, 0.15) is 0 Å². The summed E-state index contributed by atoms with van der Waals surface area (Å²) in [5.41, 5.74) is 2.63. The van der Waals surface area contributed by atoms with E-state index in [1.165, 1.54) is 32.2 Å². The zero-order valence-corrected chi connectivity index (χ0v) is 13.4. The van der Waals surface area contributed by atoms with E-state index in [0.29, 0.717) is 0 Å². The molecule has 0 spiro atoms. The van der Waals surface area contributed by atoms with Crippen molar-refractivity contribution >= 4 is 22.7 Å². The van der Waals surface area contributed by atoms with Crippen LogP contribution in [0, 0.1) is 5.92 Å². The van der Waals surface area contributed by atoms with Crippen molar-refractivity contribution in [2.24, 2.45) is 5.92 Å². The lowest BCUT2D eigenvalue weighted by atomic mass is 10.1. The minimum Gasteiger partial charge on any atom is -0.144 e. The summed E-state index contributed by atoms with van der Waals surface area (Å²) in [4.78, 5) is 4.19. The van der Waals surface area contributed by atoms with E-state index in [0.717, 1.165) is 5.92 Å². The van der Waals surface area contributed by atoms with Gasteiger partial charge in [0.05, 0.1) is 0 Å². The quantitative estimate of drug-likeness (QED) is 0.527. The van der Waals surface area contributed by atoms with Gasteiger partial charge in [0.25, 0.3) is 0 Å². The number of hydrogen-bond donors (Lipinski definition) is 0. The van der Waals surface area contributed by atoms with Crippen LogP contribution in [-0.4, -0.2) is 0 Å². The summed E-state index contributed by atoms with van der Waals surface area (Å²) < 4.78 is 0. The molecule has 2 heteroatoms. The Morgan fingerprint density at radius 2 is 1.55 bits per heavy atom. The van der Waals surface area contributed by atoms with Crippen LogP contribution in [0.25, 0.3) is 20.9 Å². The first kappa shape index (κ1) is 13.6. The average molecular weight is 298 g/mol. The molecule has 0 bridgehead atoms. The minimum absolute atomic E-state index is 0.725. The second-order valence-electron chi connectivity index (χ2n) is 5.42.